The van der Waals surface area contributed by atoms with E-state index in [0.29, 0.717) is 16.5 Å². The van der Waals surface area contributed by atoms with Crippen LogP contribution in [-0.2, 0) is 17.9 Å². The lowest BCUT2D eigenvalue weighted by Gasteiger charge is -2.27. The fraction of sp³-hybridized carbons (Fsp3) is 0.138. The van der Waals surface area contributed by atoms with Gasteiger partial charge >= 0.3 is 0 Å². The number of carbonyl (C=O) groups excluding carboxylic acids is 2. The maximum atomic E-state index is 13.6. The van der Waals surface area contributed by atoms with Gasteiger partial charge in [0.25, 0.3) is 11.6 Å². The summed E-state index contributed by atoms with van der Waals surface area (Å²) in [5.41, 5.74) is 0.592. The van der Waals surface area contributed by atoms with Crippen molar-refractivity contribution in [2.75, 3.05) is 13.1 Å². The predicted octanol–water partition coefficient (Wildman–Crippen LogP) is 5.35. The van der Waals surface area contributed by atoms with Crippen LogP contribution < -0.4 is 5.43 Å². The van der Waals surface area contributed by atoms with Crippen LogP contribution in [0.25, 0.3) is 11.0 Å². The first-order valence-corrected chi connectivity index (χ1v) is 12.4. The van der Waals surface area contributed by atoms with E-state index in [4.69, 9.17) is 16.0 Å². The summed E-state index contributed by atoms with van der Waals surface area (Å²) in [5, 5.41) is 11.3. The largest absolute Gasteiger partial charge is 0.464 e. The van der Waals surface area contributed by atoms with E-state index in [1.807, 2.05) is 0 Å². The molecule has 4 rings (SSSR count). The molecule has 0 aliphatic heterocycles. The van der Waals surface area contributed by atoms with E-state index in [1.54, 1.807) is 24.3 Å². The second-order valence-corrected chi connectivity index (χ2v) is 9.27. The number of hydrogen-bond acceptors (Lipinski definition) is 6. The van der Waals surface area contributed by atoms with Crippen LogP contribution in [-0.4, -0.2) is 39.6 Å². The Hall–Kier alpha value is -4.83. The molecule has 40 heavy (non-hydrogen) atoms. The molecule has 0 fully saturated rings. The van der Waals surface area contributed by atoms with Crippen molar-refractivity contribution in [1.82, 2.24) is 9.80 Å². The highest BCUT2D eigenvalue weighted by Crippen LogP contribution is 2.24. The summed E-state index contributed by atoms with van der Waals surface area (Å²) in [6, 6.07) is 15.7. The lowest BCUT2D eigenvalue weighted by Crippen LogP contribution is -2.43. The van der Waals surface area contributed by atoms with Gasteiger partial charge < -0.3 is 14.2 Å². The molecule has 0 unspecified atom stereocenters. The predicted molar refractivity (Wildman–Crippen MR) is 147 cm³/mol. The third kappa shape index (κ3) is 6.41. The Bertz CT molecular complexity index is 1650. The van der Waals surface area contributed by atoms with Crippen LogP contribution in [0, 0.1) is 15.9 Å². The normalized spacial score (nSPS) is 10.8. The number of nitro benzene ring substituents is 1. The number of carbonyl (C=O) groups is 2. The van der Waals surface area contributed by atoms with E-state index in [1.165, 1.54) is 52.5 Å². The molecular weight excluding hydrogens is 541 g/mol. The van der Waals surface area contributed by atoms with Crippen molar-refractivity contribution in [2.24, 2.45) is 0 Å². The Kier molecular flexibility index (Phi) is 8.70. The van der Waals surface area contributed by atoms with Gasteiger partial charge in [-0.15, -0.1) is 6.58 Å². The minimum atomic E-state index is -0.639. The maximum absolute atomic E-state index is 13.6. The Morgan fingerprint density at radius 3 is 2.45 bits per heavy atom. The van der Waals surface area contributed by atoms with Gasteiger partial charge in [-0.2, -0.15) is 0 Å². The topological polar surface area (TPSA) is 114 Å². The van der Waals surface area contributed by atoms with E-state index in [2.05, 4.69) is 6.58 Å². The number of rotatable bonds is 10. The van der Waals surface area contributed by atoms with Crippen LogP contribution in [0.2, 0.25) is 5.02 Å². The molecule has 1 aromatic heterocycles. The highest BCUT2D eigenvalue weighted by molar-refractivity contribution is 6.34. The van der Waals surface area contributed by atoms with Crippen molar-refractivity contribution in [3.63, 3.8) is 0 Å². The highest BCUT2D eigenvalue weighted by atomic mass is 35.5. The van der Waals surface area contributed by atoms with Crippen LogP contribution in [0.4, 0.5) is 10.1 Å². The SMILES string of the molecule is C=CCN(CC(=O)N(Cc1ccc(F)cc1)Cc1coc2ccccc2c1=O)C(=O)c1ccc([N+](=O)[O-])cc1Cl. The van der Waals surface area contributed by atoms with Crippen LogP contribution >= 0.6 is 11.6 Å². The number of fused-ring (bicyclic) bond motifs is 1. The van der Waals surface area contributed by atoms with Crippen molar-refractivity contribution >= 4 is 40.1 Å². The van der Waals surface area contributed by atoms with Crippen molar-refractivity contribution in [2.45, 2.75) is 13.1 Å². The summed E-state index contributed by atoms with van der Waals surface area (Å²) in [6.07, 6.45) is 2.71. The average molecular weight is 564 g/mol. The number of halogens is 2. The van der Waals surface area contributed by atoms with Crippen molar-refractivity contribution in [1.29, 1.82) is 0 Å². The first-order valence-electron chi connectivity index (χ1n) is 12.0. The van der Waals surface area contributed by atoms with Crippen LogP contribution in [0.3, 0.4) is 0 Å². The number of benzene rings is 3. The molecule has 11 heteroatoms. The summed E-state index contributed by atoms with van der Waals surface area (Å²) in [7, 11) is 0. The van der Waals surface area contributed by atoms with Gasteiger partial charge in [-0.1, -0.05) is 41.9 Å². The number of amides is 2. The monoisotopic (exact) mass is 563 g/mol. The summed E-state index contributed by atoms with van der Waals surface area (Å²) >= 11 is 6.16. The molecule has 0 saturated carbocycles. The Labute approximate surface area is 232 Å². The Morgan fingerprint density at radius 1 is 1.05 bits per heavy atom. The average Bonchev–Trinajstić information content (AvgIpc) is 2.94. The molecule has 0 radical (unpaired) electrons. The quantitative estimate of drug-likeness (QED) is 0.146. The maximum Gasteiger partial charge on any atom is 0.270 e. The van der Waals surface area contributed by atoms with Gasteiger partial charge in [0.15, 0.2) is 5.43 Å². The number of nitrogens with zero attached hydrogens (tertiary/aromatic N) is 3. The van der Waals surface area contributed by atoms with Gasteiger partial charge in [0.2, 0.25) is 5.91 Å². The molecule has 0 aliphatic rings. The fourth-order valence-corrected chi connectivity index (χ4v) is 4.33. The number of hydrogen-bond donors (Lipinski definition) is 0. The summed E-state index contributed by atoms with van der Waals surface area (Å²) in [4.78, 5) is 53.0. The minimum Gasteiger partial charge on any atom is -0.464 e. The molecular formula is C29H23ClFN3O6. The molecule has 204 valence electrons. The molecule has 0 aliphatic carbocycles. The van der Waals surface area contributed by atoms with Gasteiger partial charge in [0, 0.05) is 25.2 Å². The number of para-hydroxylation sites is 1. The molecule has 2 amide bonds. The molecule has 0 saturated heterocycles. The molecule has 1 heterocycles. The minimum absolute atomic E-state index is 0.0137. The standard InChI is InChI=1S/C29H23ClFN3O6/c1-2-13-32(29(37)23-12-11-22(34(38)39)14-25(23)30)17-27(35)33(15-19-7-9-21(31)10-8-19)16-20-18-40-26-6-4-3-5-24(26)28(20)36/h2-12,14,18H,1,13,15-17H2. The summed E-state index contributed by atoms with van der Waals surface area (Å²) in [6.45, 7) is 3.07. The molecule has 0 bridgehead atoms. The van der Waals surface area contributed by atoms with Gasteiger partial charge in [0.1, 0.15) is 17.9 Å². The number of nitro groups is 1. The van der Waals surface area contributed by atoms with Crippen molar-refractivity contribution < 1.29 is 23.3 Å². The van der Waals surface area contributed by atoms with Crippen LogP contribution in [0.15, 0.2) is 94.9 Å². The molecule has 0 N–H and O–H groups in total. The summed E-state index contributed by atoms with van der Waals surface area (Å²) in [5.74, 6) is -1.61. The first kappa shape index (κ1) is 28.2. The smallest absolute Gasteiger partial charge is 0.270 e. The first-order chi connectivity index (χ1) is 19.2. The van der Waals surface area contributed by atoms with Gasteiger partial charge in [-0.05, 0) is 35.9 Å². The van der Waals surface area contributed by atoms with E-state index in [0.717, 1.165) is 12.1 Å². The van der Waals surface area contributed by atoms with Crippen molar-refractivity contribution in [3.8, 4) is 0 Å². The van der Waals surface area contributed by atoms with E-state index in [9.17, 15) is 28.9 Å². The van der Waals surface area contributed by atoms with E-state index >= 15 is 0 Å². The Morgan fingerprint density at radius 2 is 1.77 bits per heavy atom. The summed E-state index contributed by atoms with van der Waals surface area (Å²) < 4.78 is 19.1. The molecule has 3 aromatic carbocycles. The second-order valence-electron chi connectivity index (χ2n) is 8.86. The molecule has 0 atom stereocenters. The van der Waals surface area contributed by atoms with Crippen molar-refractivity contribution in [3.05, 3.63) is 134 Å². The lowest BCUT2D eigenvalue weighted by molar-refractivity contribution is -0.384. The van der Waals surface area contributed by atoms with Gasteiger partial charge in [-0.3, -0.25) is 24.5 Å². The molecule has 9 nitrogen and oxygen atoms in total. The Balaban J connectivity index is 1.64. The number of non-ortho nitro benzene ring substituents is 1. The molecule has 0 spiro atoms. The van der Waals surface area contributed by atoms with Crippen LogP contribution in [0.5, 0.6) is 0 Å². The fourth-order valence-electron chi connectivity index (χ4n) is 4.08. The molecule has 4 aromatic rings. The van der Waals surface area contributed by atoms with E-state index < -0.39 is 29.1 Å². The second kappa shape index (κ2) is 12.4. The zero-order chi connectivity index (χ0) is 28.8. The third-order valence-corrected chi connectivity index (χ3v) is 6.42. The van der Waals surface area contributed by atoms with E-state index in [-0.39, 0.29) is 46.9 Å². The lowest BCUT2D eigenvalue weighted by atomic mass is 10.1. The third-order valence-electron chi connectivity index (χ3n) is 6.11. The zero-order valence-electron chi connectivity index (χ0n) is 21.1. The van der Waals surface area contributed by atoms with Gasteiger partial charge in [-0.25, -0.2) is 4.39 Å². The highest BCUT2D eigenvalue weighted by Gasteiger charge is 2.25. The zero-order valence-corrected chi connectivity index (χ0v) is 21.8. The van der Waals surface area contributed by atoms with Gasteiger partial charge in [0.05, 0.1) is 39.3 Å². The van der Waals surface area contributed by atoms with Crippen LogP contribution in [0.1, 0.15) is 21.5 Å².